The van der Waals surface area contributed by atoms with Gasteiger partial charge in [-0.05, 0) is 18.8 Å². The van der Waals surface area contributed by atoms with Gasteiger partial charge in [0.2, 0.25) is 5.95 Å². The molecule has 0 saturated carbocycles. The number of nitrogen functional groups attached to an aromatic ring is 1. The Bertz CT molecular complexity index is 866. The molecule has 10 heteroatoms. The maximum absolute atomic E-state index is 12.6. The first-order valence-corrected chi connectivity index (χ1v) is 9.32. The van der Waals surface area contributed by atoms with Crippen molar-refractivity contribution in [3.05, 3.63) is 15.9 Å². The molecule has 0 radical (unpaired) electrons. The summed E-state index contributed by atoms with van der Waals surface area (Å²) in [6, 6.07) is 0. The highest BCUT2D eigenvalue weighted by Crippen LogP contribution is 2.42. The fraction of sp³-hybridized carbons (Fsp3) is 0.625. The molecule has 1 aliphatic rings. The maximum Gasteiger partial charge on any atom is 0.311 e. The van der Waals surface area contributed by atoms with E-state index in [-0.39, 0.29) is 29.1 Å². The Morgan fingerprint density at radius 3 is 2.96 bits per heavy atom. The van der Waals surface area contributed by atoms with E-state index in [1.54, 1.807) is 0 Å². The molecule has 0 bridgehead atoms. The molecule has 2 aromatic heterocycles. The molecule has 2 aromatic rings. The van der Waals surface area contributed by atoms with Crippen LogP contribution in [0.3, 0.4) is 0 Å². The van der Waals surface area contributed by atoms with Gasteiger partial charge in [-0.2, -0.15) is 4.98 Å². The van der Waals surface area contributed by atoms with E-state index < -0.39 is 24.4 Å². The van der Waals surface area contributed by atoms with Gasteiger partial charge in [0, 0.05) is 12.3 Å². The molecule has 4 N–H and O–H groups in total. The Morgan fingerprint density at radius 1 is 1.58 bits per heavy atom. The number of anilines is 1. The van der Waals surface area contributed by atoms with E-state index >= 15 is 0 Å². The lowest BCUT2D eigenvalue weighted by atomic mass is 9.86. The predicted molar refractivity (Wildman–Crippen MR) is 95.8 cm³/mol. The van der Waals surface area contributed by atoms with Crippen molar-refractivity contribution in [3.63, 3.8) is 0 Å². The molecule has 9 nitrogen and oxygen atoms in total. The molecule has 0 aromatic carbocycles. The van der Waals surface area contributed by atoms with E-state index in [9.17, 15) is 14.7 Å². The Kier molecular flexibility index (Phi) is 5.26. The smallest absolute Gasteiger partial charge is 0.311 e. The minimum absolute atomic E-state index is 0.0438. The number of ether oxygens (including phenoxy) is 1. The molecule has 1 fully saturated rings. The number of thiazole rings is 1. The summed E-state index contributed by atoms with van der Waals surface area (Å²) in [6.45, 7) is 3.66. The Balaban J connectivity index is 2.04. The van der Waals surface area contributed by atoms with Gasteiger partial charge in [0.15, 0.2) is 5.65 Å². The van der Waals surface area contributed by atoms with Crippen LogP contribution in [0.25, 0.3) is 10.3 Å². The third-order valence-corrected chi connectivity index (χ3v) is 5.77. The lowest BCUT2D eigenvalue weighted by Crippen LogP contribution is -2.29. The standard InChI is InChI=1S/C16H22N4O5S/c1-3-9(21)10-5-8(7(2)4-12(22)23)14(25-10)20-13-11(26-16(20)24)6-18-15(17)19-13/h6-10,14,21H,3-5H2,1-2H3,(H,22,23)(H2,17,18,19)/t7-,8+,9+,10+,14-/m1/s1. The van der Waals surface area contributed by atoms with E-state index in [1.165, 1.54) is 10.8 Å². The van der Waals surface area contributed by atoms with Crippen molar-refractivity contribution < 1.29 is 19.7 Å². The predicted octanol–water partition coefficient (Wildman–Crippen LogP) is 1.22. The number of hydrogen-bond acceptors (Lipinski definition) is 8. The second kappa shape index (κ2) is 7.29. The van der Waals surface area contributed by atoms with Crippen LogP contribution >= 0.6 is 11.3 Å². The second-order valence-corrected chi connectivity index (χ2v) is 7.66. The quantitative estimate of drug-likeness (QED) is 0.677. The van der Waals surface area contributed by atoms with E-state index in [0.29, 0.717) is 23.2 Å². The van der Waals surface area contributed by atoms with Crippen molar-refractivity contribution in [2.75, 3.05) is 5.73 Å². The highest BCUT2D eigenvalue weighted by Gasteiger charge is 2.43. The van der Waals surface area contributed by atoms with E-state index in [2.05, 4.69) is 9.97 Å². The van der Waals surface area contributed by atoms with Crippen LogP contribution in [0.5, 0.6) is 0 Å². The zero-order valence-corrected chi connectivity index (χ0v) is 15.3. The number of aromatic nitrogens is 3. The number of rotatable bonds is 6. The number of hydrogen-bond donors (Lipinski definition) is 3. The van der Waals surface area contributed by atoms with Crippen molar-refractivity contribution in [1.82, 2.24) is 14.5 Å². The molecule has 142 valence electrons. The van der Waals surface area contributed by atoms with E-state index in [4.69, 9.17) is 15.6 Å². The normalized spacial score (nSPS) is 25.4. The molecule has 1 saturated heterocycles. The number of aliphatic hydroxyl groups is 1. The summed E-state index contributed by atoms with van der Waals surface area (Å²) >= 11 is 0.985. The topological polar surface area (TPSA) is 141 Å². The summed E-state index contributed by atoms with van der Waals surface area (Å²) in [4.78, 5) is 31.5. The first kappa shape index (κ1) is 18.7. The highest BCUT2D eigenvalue weighted by atomic mass is 32.1. The first-order chi connectivity index (χ1) is 12.3. The van der Waals surface area contributed by atoms with Crippen LogP contribution in [0.4, 0.5) is 5.95 Å². The van der Waals surface area contributed by atoms with Crippen LogP contribution in [0, 0.1) is 11.8 Å². The minimum Gasteiger partial charge on any atom is -0.481 e. The first-order valence-electron chi connectivity index (χ1n) is 8.50. The summed E-state index contributed by atoms with van der Waals surface area (Å²) < 4.78 is 8.03. The SMILES string of the molecule is CC[C@H](O)[C@@H]1C[C@@H]([C@H](C)CC(=O)O)[C@H](n2c(=O)sc3cnc(N)nc32)O1. The summed E-state index contributed by atoms with van der Waals surface area (Å²) in [5, 5.41) is 19.4. The zero-order chi connectivity index (χ0) is 19.0. The van der Waals surface area contributed by atoms with Gasteiger partial charge in [-0.3, -0.25) is 14.2 Å². The zero-order valence-electron chi connectivity index (χ0n) is 14.5. The van der Waals surface area contributed by atoms with Gasteiger partial charge < -0.3 is 20.7 Å². The largest absolute Gasteiger partial charge is 0.481 e. The molecule has 3 heterocycles. The summed E-state index contributed by atoms with van der Waals surface area (Å²) in [6.07, 6.45) is 0.569. The maximum atomic E-state index is 12.6. The average molecular weight is 382 g/mol. The highest BCUT2D eigenvalue weighted by molar-refractivity contribution is 7.16. The third kappa shape index (κ3) is 3.44. The minimum atomic E-state index is -0.912. The lowest BCUT2D eigenvalue weighted by molar-refractivity contribution is -0.138. The van der Waals surface area contributed by atoms with Gasteiger partial charge in [-0.25, -0.2) is 4.98 Å². The summed E-state index contributed by atoms with van der Waals surface area (Å²) in [7, 11) is 0. The number of aliphatic carboxylic acids is 1. The molecule has 0 unspecified atom stereocenters. The molecule has 0 amide bonds. The van der Waals surface area contributed by atoms with Gasteiger partial charge >= 0.3 is 10.8 Å². The van der Waals surface area contributed by atoms with Gasteiger partial charge in [0.05, 0.1) is 23.1 Å². The van der Waals surface area contributed by atoms with E-state index in [1.807, 2.05) is 13.8 Å². The average Bonchev–Trinajstić information content (AvgIpc) is 3.13. The summed E-state index contributed by atoms with van der Waals surface area (Å²) in [5.74, 6) is -1.36. The number of carbonyl (C=O) groups is 1. The number of aliphatic hydroxyl groups excluding tert-OH is 1. The number of carboxylic acids is 1. The van der Waals surface area contributed by atoms with Crippen LogP contribution in [0.15, 0.2) is 11.0 Å². The number of nitrogens with zero attached hydrogens (tertiary/aromatic N) is 3. The number of carboxylic acid groups (broad SMARTS) is 1. The van der Waals surface area contributed by atoms with Crippen molar-refractivity contribution >= 4 is 33.6 Å². The summed E-state index contributed by atoms with van der Waals surface area (Å²) in [5.41, 5.74) is 6.04. The van der Waals surface area contributed by atoms with Crippen LogP contribution in [-0.4, -0.2) is 42.9 Å². The Labute approximate surface area is 153 Å². The monoisotopic (exact) mass is 382 g/mol. The van der Waals surface area contributed by atoms with Crippen LogP contribution in [0.1, 0.15) is 39.3 Å². The fourth-order valence-electron chi connectivity index (χ4n) is 3.50. The van der Waals surface area contributed by atoms with Crippen molar-refractivity contribution in [2.24, 2.45) is 11.8 Å². The third-order valence-electron chi connectivity index (χ3n) is 4.89. The molecule has 0 aliphatic carbocycles. The van der Waals surface area contributed by atoms with Crippen LogP contribution in [-0.2, 0) is 9.53 Å². The van der Waals surface area contributed by atoms with Gasteiger partial charge in [0.25, 0.3) is 0 Å². The molecule has 1 aliphatic heterocycles. The molecule has 0 spiro atoms. The molecule has 5 atom stereocenters. The molecular formula is C16H22N4O5S. The lowest BCUT2D eigenvalue weighted by Gasteiger charge is -2.24. The molecular weight excluding hydrogens is 360 g/mol. The number of nitrogens with two attached hydrogens (primary N) is 1. The van der Waals surface area contributed by atoms with Crippen molar-refractivity contribution in [2.45, 2.75) is 51.5 Å². The van der Waals surface area contributed by atoms with Gasteiger partial charge in [0.1, 0.15) is 6.23 Å². The number of fused-ring (bicyclic) bond motifs is 1. The van der Waals surface area contributed by atoms with Gasteiger partial charge in [-0.1, -0.05) is 25.2 Å². The van der Waals surface area contributed by atoms with Crippen LogP contribution < -0.4 is 10.6 Å². The Morgan fingerprint density at radius 2 is 2.31 bits per heavy atom. The van der Waals surface area contributed by atoms with Crippen LogP contribution in [0.2, 0.25) is 0 Å². The molecule has 3 rings (SSSR count). The van der Waals surface area contributed by atoms with Crippen molar-refractivity contribution in [1.29, 1.82) is 0 Å². The molecule has 26 heavy (non-hydrogen) atoms. The Hall–Kier alpha value is -2.04. The van der Waals surface area contributed by atoms with Gasteiger partial charge in [-0.15, -0.1) is 0 Å². The van der Waals surface area contributed by atoms with Crippen molar-refractivity contribution in [3.8, 4) is 0 Å². The second-order valence-electron chi connectivity index (χ2n) is 6.67. The van der Waals surface area contributed by atoms with E-state index in [0.717, 1.165) is 11.3 Å². The fourth-order valence-corrected chi connectivity index (χ4v) is 4.31.